The van der Waals surface area contributed by atoms with Crippen molar-refractivity contribution in [3.05, 3.63) is 111 Å². The molecule has 0 saturated heterocycles. The summed E-state index contributed by atoms with van der Waals surface area (Å²) < 4.78 is 0. The number of fused-ring (bicyclic) bond motifs is 2. The lowest BCUT2D eigenvalue weighted by Crippen LogP contribution is -2.16. The standard InChI is InChI=1S/C23H23NO2/c1-5-10-17(22(6-2)24(25)26)16-11-9-13-19-18-12-7-8-14-20(18)23(3,4)21(19)15-16/h5-12,14-15H,2,13H2,1,3-4H3/b10-5-,22-17-. The maximum absolute atomic E-state index is 11.5. The quantitative estimate of drug-likeness (QED) is 0.387. The number of benzene rings is 1. The summed E-state index contributed by atoms with van der Waals surface area (Å²) in [6, 6.07) is 8.48. The highest BCUT2D eigenvalue weighted by Gasteiger charge is 2.36. The van der Waals surface area contributed by atoms with Crippen molar-refractivity contribution in [1.29, 1.82) is 0 Å². The summed E-state index contributed by atoms with van der Waals surface area (Å²) in [7, 11) is 0. The molecule has 1 aromatic carbocycles. The Balaban J connectivity index is 2.24. The Morgan fingerprint density at radius 2 is 2.04 bits per heavy atom. The fourth-order valence-electron chi connectivity index (χ4n) is 3.90. The zero-order chi connectivity index (χ0) is 18.9. The fourth-order valence-corrected chi connectivity index (χ4v) is 3.90. The summed E-state index contributed by atoms with van der Waals surface area (Å²) in [4.78, 5) is 11.1. The molecule has 3 heteroatoms. The molecule has 2 aliphatic carbocycles. The van der Waals surface area contributed by atoms with Crippen LogP contribution < -0.4 is 0 Å². The Hall–Kier alpha value is -2.94. The fraction of sp³-hybridized carbons (Fsp3) is 0.217. The second-order valence-electron chi connectivity index (χ2n) is 7.03. The van der Waals surface area contributed by atoms with Gasteiger partial charge in [0, 0.05) is 11.5 Å². The normalized spacial score (nSPS) is 18.8. The minimum absolute atomic E-state index is 0.0244. The van der Waals surface area contributed by atoms with Crippen molar-refractivity contribution in [2.24, 2.45) is 0 Å². The van der Waals surface area contributed by atoms with Gasteiger partial charge in [-0.1, -0.05) is 69.0 Å². The van der Waals surface area contributed by atoms with Gasteiger partial charge in [0.2, 0.25) is 0 Å². The molecule has 0 bridgehead atoms. The van der Waals surface area contributed by atoms with E-state index in [4.69, 9.17) is 0 Å². The smallest absolute Gasteiger partial charge is 0.258 e. The molecule has 132 valence electrons. The van der Waals surface area contributed by atoms with E-state index >= 15 is 0 Å². The highest BCUT2D eigenvalue weighted by Crippen LogP contribution is 2.49. The van der Waals surface area contributed by atoms with Crippen LogP contribution in [-0.4, -0.2) is 4.92 Å². The van der Waals surface area contributed by atoms with Gasteiger partial charge in [-0.2, -0.15) is 0 Å². The SMILES string of the molecule is C=C/C(=C(\C=C/C)C1=CC2=C(CC=C1)c1ccccc1C2(C)C)[N+](=O)[O-]. The molecule has 0 atom stereocenters. The molecule has 3 rings (SSSR count). The van der Waals surface area contributed by atoms with Gasteiger partial charge in [-0.05, 0) is 47.3 Å². The van der Waals surface area contributed by atoms with Crippen molar-refractivity contribution >= 4 is 5.57 Å². The third-order valence-corrected chi connectivity index (χ3v) is 5.15. The Morgan fingerprint density at radius 3 is 2.69 bits per heavy atom. The van der Waals surface area contributed by atoms with E-state index in [1.54, 1.807) is 6.08 Å². The van der Waals surface area contributed by atoms with Gasteiger partial charge < -0.3 is 0 Å². The third-order valence-electron chi connectivity index (χ3n) is 5.15. The molecule has 0 amide bonds. The molecule has 26 heavy (non-hydrogen) atoms. The Labute approximate surface area is 154 Å². The minimum Gasteiger partial charge on any atom is -0.258 e. The van der Waals surface area contributed by atoms with Crippen molar-refractivity contribution in [3.8, 4) is 0 Å². The highest BCUT2D eigenvalue weighted by molar-refractivity contribution is 5.84. The first-order valence-corrected chi connectivity index (χ1v) is 8.77. The van der Waals surface area contributed by atoms with E-state index in [0.717, 1.165) is 12.0 Å². The lowest BCUT2D eigenvalue weighted by Gasteiger charge is -2.23. The molecule has 0 N–H and O–H groups in total. The zero-order valence-corrected chi connectivity index (χ0v) is 15.5. The molecular formula is C23H23NO2. The maximum Gasteiger partial charge on any atom is 0.276 e. The van der Waals surface area contributed by atoms with Gasteiger partial charge in [0.05, 0.1) is 10.5 Å². The molecular weight excluding hydrogens is 322 g/mol. The maximum atomic E-state index is 11.5. The van der Waals surface area contributed by atoms with E-state index in [9.17, 15) is 10.1 Å². The van der Waals surface area contributed by atoms with Gasteiger partial charge in [-0.15, -0.1) is 0 Å². The van der Waals surface area contributed by atoms with E-state index in [-0.39, 0.29) is 16.0 Å². The van der Waals surface area contributed by atoms with Gasteiger partial charge in [-0.3, -0.25) is 10.1 Å². The van der Waals surface area contributed by atoms with Crippen molar-refractivity contribution in [1.82, 2.24) is 0 Å². The topological polar surface area (TPSA) is 43.1 Å². The number of hydrogen-bond donors (Lipinski definition) is 0. The van der Waals surface area contributed by atoms with Crippen LogP contribution in [0.2, 0.25) is 0 Å². The molecule has 0 heterocycles. The molecule has 0 unspecified atom stereocenters. The monoisotopic (exact) mass is 345 g/mol. The summed E-state index contributed by atoms with van der Waals surface area (Å²) in [6.45, 7) is 9.93. The summed E-state index contributed by atoms with van der Waals surface area (Å²) >= 11 is 0. The van der Waals surface area contributed by atoms with Crippen LogP contribution in [0.3, 0.4) is 0 Å². The lowest BCUT2D eigenvalue weighted by molar-refractivity contribution is -0.419. The average Bonchev–Trinajstić information content (AvgIpc) is 2.76. The Morgan fingerprint density at radius 1 is 1.31 bits per heavy atom. The lowest BCUT2D eigenvalue weighted by atomic mass is 9.80. The molecule has 0 radical (unpaired) electrons. The highest BCUT2D eigenvalue weighted by atomic mass is 16.6. The predicted octanol–water partition coefficient (Wildman–Crippen LogP) is 5.91. The zero-order valence-electron chi connectivity index (χ0n) is 15.5. The second kappa shape index (κ2) is 6.75. The molecule has 3 nitrogen and oxygen atoms in total. The van der Waals surface area contributed by atoms with Crippen molar-refractivity contribution in [2.75, 3.05) is 0 Å². The molecule has 0 aliphatic heterocycles. The molecule has 0 saturated carbocycles. The van der Waals surface area contributed by atoms with E-state index in [0.29, 0.717) is 5.57 Å². The van der Waals surface area contributed by atoms with Crippen molar-refractivity contribution in [3.63, 3.8) is 0 Å². The van der Waals surface area contributed by atoms with Gasteiger partial charge in [0.1, 0.15) is 0 Å². The van der Waals surface area contributed by atoms with Crippen LogP contribution in [0.4, 0.5) is 0 Å². The van der Waals surface area contributed by atoms with Gasteiger partial charge >= 0.3 is 0 Å². The second-order valence-corrected chi connectivity index (χ2v) is 7.03. The number of rotatable bonds is 4. The number of nitrogens with zero attached hydrogens (tertiary/aromatic N) is 1. The minimum atomic E-state index is -0.369. The Bertz CT molecular complexity index is 937. The molecule has 2 aliphatic rings. The van der Waals surface area contributed by atoms with Crippen LogP contribution in [0, 0.1) is 10.1 Å². The third kappa shape index (κ3) is 2.80. The molecule has 1 aromatic rings. The van der Waals surface area contributed by atoms with Crippen molar-refractivity contribution in [2.45, 2.75) is 32.6 Å². The van der Waals surface area contributed by atoms with Crippen molar-refractivity contribution < 1.29 is 4.92 Å². The first kappa shape index (κ1) is 17.9. The summed E-state index contributed by atoms with van der Waals surface area (Å²) in [5, 5.41) is 11.5. The van der Waals surface area contributed by atoms with Crippen LogP contribution in [0.5, 0.6) is 0 Å². The van der Waals surface area contributed by atoms with Crippen LogP contribution >= 0.6 is 0 Å². The number of nitro groups is 1. The molecule has 0 aromatic heterocycles. The number of allylic oxidation sites excluding steroid dienone is 10. The van der Waals surface area contributed by atoms with Gasteiger partial charge in [-0.25, -0.2) is 0 Å². The Kier molecular flexibility index (Phi) is 4.64. The van der Waals surface area contributed by atoms with Gasteiger partial charge in [0.25, 0.3) is 5.70 Å². The van der Waals surface area contributed by atoms with E-state index in [2.05, 4.69) is 56.8 Å². The van der Waals surface area contributed by atoms with Gasteiger partial charge in [0.15, 0.2) is 0 Å². The summed E-state index contributed by atoms with van der Waals surface area (Å²) in [6.07, 6.45) is 11.9. The molecule has 0 spiro atoms. The van der Waals surface area contributed by atoms with Crippen LogP contribution in [-0.2, 0) is 5.41 Å². The summed E-state index contributed by atoms with van der Waals surface area (Å²) in [5.74, 6) is 0. The number of hydrogen-bond acceptors (Lipinski definition) is 2. The van der Waals surface area contributed by atoms with Crippen LogP contribution in [0.15, 0.2) is 89.7 Å². The van der Waals surface area contributed by atoms with Crippen LogP contribution in [0.1, 0.15) is 38.3 Å². The predicted molar refractivity (Wildman–Crippen MR) is 107 cm³/mol. The van der Waals surface area contributed by atoms with E-state index in [1.807, 2.05) is 19.1 Å². The largest absolute Gasteiger partial charge is 0.276 e. The summed E-state index contributed by atoms with van der Waals surface area (Å²) in [5.41, 5.74) is 6.45. The first-order valence-electron chi connectivity index (χ1n) is 8.77. The molecule has 0 fully saturated rings. The van der Waals surface area contributed by atoms with Crippen LogP contribution in [0.25, 0.3) is 5.57 Å². The van der Waals surface area contributed by atoms with E-state index in [1.165, 1.54) is 28.3 Å². The first-order chi connectivity index (χ1) is 12.4. The van der Waals surface area contributed by atoms with E-state index < -0.39 is 0 Å². The average molecular weight is 345 g/mol.